The molecule has 96 heavy (non-hydrogen) atoms. The lowest BCUT2D eigenvalue weighted by Crippen LogP contribution is -2.14. The van der Waals surface area contributed by atoms with E-state index in [1.54, 1.807) is 0 Å². The van der Waals surface area contributed by atoms with Gasteiger partial charge in [-0.05, 0) is 188 Å². The molecule has 458 valence electrons. The van der Waals surface area contributed by atoms with Crippen molar-refractivity contribution in [2.75, 3.05) is 9.80 Å². The van der Waals surface area contributed by atoms with Crippen LogP contribution in [-0.4, -0.2) is 0 Å². The maximum Gasteiger partial charge on any atom is 0.0540 e. The van der Waals surface area contributed by atoms with Crippen LogP contribution in [0.25, 0.3) is 118 Å². The average molecular weight is 1270 g/mol. The summed E-state index contributed by atoms with van der Waals surface area (Å²) in [6.07, 6.45) is 0. The molecule has 0 N–H and O–H groups in total. The SMILES string of the molecule is Cc1cc(-c2ccc(N(c3ccc(-c4ccc5c(c4)C(C)(C)c4ccccc4-5)cc3)c3ccccc3-c3cccc4c3sc3ccccc34)c(C)c2)ccc1N(c1ccc(-c2ccc3c(c2)C(C)(C)c2ccccc2-3)cc1)c1ccccc1-c1cccc2c1sc1ccccc12. The molecule has 0 spiro atoms. The van der Waals surface area contributed by atoms with E-state index in [0.29, 0.717) is 0 Å². The molecular weight excluding hydrogens is 1200 g/mol. The molecular formula is C92H68N2S2. The van der Waals surface area contributed by atoms with E-state index in [-0.39, 0.29) is 10.8 Å². The van der Waals surface area contributed by atoms with Gasteiger partial charge in [0.05, 0.1) is 11.4 Å². The molecule has 0 radical (unpaired) electrons. The van der Waals surface area contributed by atoms with Crippen LogP contribution in [0.5, 0.6) is 0 Å². The topological polar surface area (TPSA) is 6.48 Å². The van der Waals surface area contributed by atoms with Crippen molar-refractivity contribution in [1.82, 2.24) is 0 Å². The summed E-state index contributed by atoms with van der Waals surface area (Å²) >= 11 is 3.77. The summed E-state index contributed by atoms with van der Waals surface area (Å²) in [4.78, 5) is 4.98. The fourth-order valence-corrected chi connectivity index (χ4v) is 18.5. The minimum atomic E-state index is -0.0860. The van der Waals surface area contributed by atoms with Crippen molar-refractivity contribution in [2.24, 2.45) is 0 Å². The maximum absolute atomic E-state index is 2.49. The highest BCUT2D eigenvalue weighted by Crippen LogP contribution is 2.54. The number of aryl methyl sites for hydroxylation is 2. The third-order valence-electron chi connectivity index (χ3n) is 21.0. The Bertz CT molecular complexity index is 5460. The Morgan fingerprint density at radius 1 is 0.240 bits per heavy atom. The summed E-state index contributed by atoms with van der Waals surface area (Å²) in [5.74, 6) is 0. The van der Waals surface area contributed by atoms with E-state index < -0.39 is 0 Å². The first-order valence-electron chi connectivity index (χ1n) is 33.5. The zero-order chi connectivity index (χ0) is 64.6. The van der Waals surface area contributed by atoms with Crippen LogP contribution in [0.1, 0.15) is 61.1 Å². The average Bonchev–Trinajstić information content (AvgIpc) is 1.55. The minimum absolute atomic E-state index is 0.0860. The Hall–Kier alpha value is -10.9. The fraction of sp³-hybridized carbons (Fsp3) is 0.0870. The highest BCUT2D eigenvalue weighted by Gasteiger charge is 2.37. The van der Waals surface area contributed by atoms with Gasteiger partial charge in [0.15, 0.2) is 0 Å². The van der Waals surface area contributed by atoms with E-state index in [9.17, 15) is 0 Å². The molecule has 0 bridgehead atoms. The Labute approximate surface area is 569 Å². The van der Waals surface area contributed by atoms with Crippen molar-refractivity contribution in [1.29, 1.82) is 0 Å². The van der Waals surface area contributed by atoms with Crippen LogP contribution in [0.15, 0.2) is 303 Å². The summed E-state index contributed by atoms with van der Waals surface area (Å²) in [5, 5.41) is 5.18. The van der Waals surface area contributed by atoms with Crippen LogP contribution < -0.4 is 9.80 Å². The van der Waals surface area contributed by atoms with Crippen molar-refractivity contribution in [2.45, 2.75) is 52.4 Å². The first kappa shape index (κ1) is 57.8. The zero-order valence-corrected chi connectivity index (χ0v) is 56.2. The third kappa shape index (κ3) is 9.18. The van der Waals surface area contributed by atoms with Crippen LogP contribution in [0, 0.1) is 13.8 Å². The molecule has 0 amide bonds. The molecule has 0 aliphatic heterocycles. The van der Waals surface area contributed by atoms with Gasteiger partial charge in [-0.25, -0.2) is 0 Å². The molecule has 0 fully saturated rings. The fourth-order valence-electron chi connectivity index (χ4n) is 16.1. The number of anilines is 6. The number of hydrogen-bond acceptors (Lipinski definition) is 4. The van der Waals surface area contributed by atoms with Gasteiger partial charge in [-0.2, -0.15) is 0 Å². The second-order valence-electron chi connectivity index (χ2n) is 27.2. The molecule has 2 aliphatic carbocycles. The summed E-state index contributed by atoms with van der Waals surface area (Å²) in [7, 11) is 0. The Balaban J connectivity index is 0.739. The molecule has 18 rings (SSSR count). The summed E-state index contributed by atoms with van der Waals surface area (Å²) < 4.78 is 5.20. The van der Waals surface area contributed by atoms with Crippen molar-refractivity contribution >= 4 is 97.1 Å². The van der Waals surface area contributed by atoms with Gasteiger partial charge in [0.25, 0.3) is 0 Å². The lowest BCUT2D eigenvalue weighted by molar-refractivity contribution is 0.660. The number of para-hydroxylation sites is 2. The Morgan fingerprint density at radius 3 is 0.990 bits per heavy atom. The molecule has 14 aromatic carbocycles. The zero-order valence-electron chi connectivity index (χ0n) is 54.6. The Morgan fingerprint density at radius 2 is 0.562 bits per heavy atom. The van der Waals surface area contributed by atoms with Crippen molar-refractivity contribution < 1.29 is 0 Å². The molecule has 2 nitrogen and oxygen atoms in total. The molecule has 2 aromatic heterocycles. The van der Waals surface area contributed by atoms with E-state index in [0.717, 1.165) is 34.1 Å². The molecule has 0 atom stereocenters. The number of benzene rings is 14. The van der Waals surface area contributed by atoms with Gasteiger partial charge in [0.2, 0.25) is 0 Å². The minimum Gasteiger partial charge on any atom is -0.310 e. The molecule has 0 saturated carbocycles. The maximum atomic E-state index is 2.49. The molecule has 4 heteroatoms. The quantitative estimate of drug-likeness (QED) is 0.127. The van der Waals surface area contributed by atoms with Crippen LogP contribution in [0.2, 0.25) is 0 Å². The highest BCUT2D eigenvalue weighted by molar-refractivity contribution is 7.26. The monoisotopic (exact) mass is 1260 g/mol. The van der Waals surface area contributed by atoms with E-state index in [4.69, 9.17) is 0 Å². The predicted octanol–water partition coefficient (Wildman–Crippen LogP) is 26.9. The first-order valence-corrected chi connectivity index (χ1v) is 35.1. The van der Waals surface area contributed by atoms with E-state index >= 15 is 0 Å². The van der Waals surface area contributed by atoms with Crippen molar-refractivity contribution in [3.8, 4) is 77.9 Å². The second-order valence-corrected chi connectivity index (χ2v) is 29.3. The standard InChI is InChI=1S/C92H68N2S2/c1-57-53-61(43-51-83(57)93(85-33-15-9-23-71(85)75-27-19-29-77-73-25-11-17-35-87(73)95-89(75)77)65-45-37-59(38-46-65)63-41-49-69-67-21-7-13-31-79(67)91(3,4)81(69)55-63)62-44-52-84(58(2)54-62)94(86-34-16-10-24-72(86)76-28-20-30-78-74-26-12-18-36-88(74)96-90(76)78)66-47-39-60(40-48-66)64-42-50-70-68-22-8-14-32-80(68)92(5,6)82(70)56-64/h7-56H,1-6H3. The van der Waals surface area contributed by atoms with Gasteiger partial charge < -0.3 is 9.80 Å². The molecule has 2 aliphatic rings. The van der Waals surface area contributed by atoms with E-state index in [1.165, 1.54) is 152 Å². The van der Waals surface area contributed by atoms with E-state index in [2.05, 4.69) is 355 Å². The highest BCUT2D eigenvalue weighted by atomic mass is 32.1. The second kappa shape index (κ2) is 22.4. The lowest BCUT2D eigenvalue weighted by Gasteiger charge is -2.30. The summed E-state index contributed by atoms with van der Waals surface area (Å²) in [6, 6.07) is 114. The van der Waals surface area contributed by atoms with Gasteiger partial charge in [-0.3, -0.25) is 0 Å². The Kier molecular flexibility index (Phi) is 13.5. The number of thiophene rings is 2. The van der Waals surface area contributed by atoms with Crippen LogP contribution in [0.4, 0.5) is 34.1 Å². The molecule has 0 unspecified atom stereocenters. The van der Waals surface area contributed by atoms with Crippen molar-refractivity contribution in [3.05, 3.63) is 337 Å². The normalized spacial score (nSPS) is 13.3. The largest absolute Gasteiger partial charge is 0.310 e. The summed E-state index contributed by atoms with van der Waals surface area (Å²) in [6.45, 7) is 14.0. The van der Waals surface area contributed by atoms with Gasteiger partial charge in [0.1, 0.15) is 0 Å². The number of nitrogens with zero attached hydrogens (tertiary/aromatic N) is 2. The smallest absolute Gasteiger partial charge is 0.0540 e. The molecule has 0 saturated heterocycles. The lowest BCUT2D eigenvalue weighted by atomic mass is 9.81. The van der Waals surface area contributed by atoms with Gasteiger partial charge in [0, 0.05) is 96.2 Å². The molecule has 2 heterocycles. The predicted molar refractivity (Wildman–Crippen MR) is 413 cm³/mol. The van der Waals surface area contributed by atoms with Crippen molar-refractivity contribution in [3.63, 3.8) is 0 Å². The van der Waals surface area contributed by atoms with Gasteiger partial charge >= 0.3 is 0 Å². The van der Waals surface area contributed by atoms with Crippen LogP contribution in [0.3, 0.4) is 0 Å². The number of hydrogen-bond donors (Lipinski definition) is 0. The van der Waals surface area contributed by atoms with Crippen LogP contribution >= 0.6 is 22.7 Å². The number of fused-ring (bicyclic) bond motifs is 12. The third-order valence-corrected chi connectivity index (χ3v) is 23.4. The van der Waals surface area contributed by atoms with E-state index in [1.807, 2.05) is 22.7 Å². The first-order chi connectivity index (χ1) is 46.9. The van der Waals surface area contributed by atoms with Gasteiger partial charge in [-0.1, -0.05) is 246 Å². The number of rotatable bonds is 11. The molecule has 16 aromatic rings. The van der Waals surface area contributed by atoms with Crippen LogP contribution in [-0.2, 0) is 10.8 Å². The summed E-state index contributed by atoms with van der Waals surface area (Å²) in [5.41, 5.74) is 31.8. The van der Waals surface area contributed by atoms with Gasteiger partial charge in [-0.15, -0.1) is 22.7 Å².